The van der Waals surface area contributed by atoms with E-state index in [9.17, 15) is 14.7 Å². The number of nitrogens with zero attached hydrogens (tertiary/aromatic N) is 1. The Morgan fingerprint density at radius 2 is 1.89 bits per heavy atom. The van der Waals surface area contributed by atoms with Crippen LogP contribution in [0.1, 0.15) is 34.6 Å². The lowest BCUT2D eigenvalue weighted by molar-refractivity contribution is -0.117. The van der Waals surface area contributed by atoms with Crippen LogP contribution in [0.5, 0.6) is 5.75 Å². The van der Waals surface area contributed by atoms with E-state index in [-0.39, 0.29) is 11.3 Å². The molecule has 0 aliphatic carbocycles. The Kier molecular flexibility index (Phi) is 5.94. The molecule has 7 heteroatoms. The molecule has 1 aliphatic rings. The molecular weight excluding hydrogens is 510 g/mol. The van der Waals surface area contributed by atoms with Crippen molar-refractivity contribution in [3.05, 3.63) is 105 Å². The first-order chi connectivity index (χ1) is 16.9. The van der Waals surface area contributed by atoms with Crippen molar-refractivity contribution in [3.8, 4) is 5.75 Å². The number of ether oxygens (including phenoxy) is 1. The number of carbonyl (C=O) groups excluding carboxylic acids is 2. The zero-order valence-corrected chi connectivity index (χ0v) is 20.7. The molecule has 0 fully saturated rings. The van der Waals surface area contributed by atoms with Crippen molar-refractivity contribution in [2.75, 3.05) is 11.5 Å². The predicted octanol–water partition coefficient (Wildman–Crippen LogP) is 6.69. The third-order valence-electron chi connectivity index (χ3n) is 6.01. The Hall–Kier alpha value is -3.84. The molecule has 1 aromatic heterocycles. The second kappa shape index (κ2) is 9.07. The highest BCUT2D eigenvalue weighted by molar-refractivity contribution is 9.10. The van der Waals surface area contributed by atoms with Gasteiger partial charge in [-0.2, -0.15) is 0 Å². The Bertz CT molecular complexity index is 1500. The normalized spacial score (nSPS) is 15.8. The summed E-state index contributed by atoms with van der Waals surface area (Å²) in [6.07, 6.45) is 0. The Morgan fingerprint density at radius 1 is 1.09 bits per heavy atom. The van der Waals surface area contributed by atoms with Gasteiger partial charge in [-0.3, -0.25) is 14.5 Å². The second-order valence-electron chi connectivity index (χ2n) is 8.25. The van der Waals surface area contributed by atoms with Gasteiger partial charge in [0.1, 0.15) is 11.3 Å². The number of fused-ring (bicyclic) bond motifs is 1. The van der Waals surface area contributed by atoms with Crippen LogP contribution in [0.4, 0.5) is 5.69 Å². The van der Waals surface area contributed by atoms with Gasteiger partial charge in [-0.05, 0) is 67.4 Å². The van der Waals surface area contributed by atoms with E-state index in [1.54, 1.807) is 30.3 Å². The molecule has 5 rings (SSSR count). The second-order valence-corrected chi connectivity index (χ2v) is 9.17. The number of hydrogen-bond acceptors (Lipinski definition) is 5. The molecule has 1 amide bonds. The summed E-state index contributed by atoms with van der Waals surface area (Å²) < 4.78 is 12.3. The molecule has 1 aliphatic heterocycles. The molecule has 4 aromatic rings. The molecule has 3 aromatic carbocycles. The van der Waals surface area contributed by atoms with E-state index in [0.29, 0.717) is 29.2 Å². The average Bonchev–Trinajstić information content (AvgIpc) is 3.38. The minimum atomic E-state index is -0.864. The molecule has 0 bridgehead atoms. The Morgan fingerprint density at radius 3 is 2.66 bits per heavy atom. The number of amides is 1. The summed E-state index contributed by atoms with van der Waals surface area (Å²) in [4.78, 5) is 28.7. The highest BCUT2D eigenvalue weighted by Crippen LogP contribution is 2.44. The van der Waals surface area contributed by atoms with Crippen molar-refractivity contribution in [1.29, 1.82) is 0 Å². The number of aliphatic hydroxyl groups is 1. The van der Waals surface area contributed by atoms with Crippen LogP contribution in [0.25, 0.3) is 11.0 Å². The first kappa shape index (κ1) is 22.9. The molecule has 6 nitrogen and oxygen atoms in total. The lowest BCUT2D eigenvalue weighted by atomic mass is 9.94. The fourth-order valence-corrected chi connectivity index (χ4v) is 4.81. The van der Waals surface area contributed by atoms with Crippen LogP contribution < -0.4 is 9.64 Å². The lowest BCUT2D eigenvalue weighted by Gasteiger charge is -2.28. The van der Waals surface area contributed by atoms with Gasteiger partial charge in [-0.15, -0.1) is 0 Å². The minimum absolute atomic E-state index is 0.0370. The molecule has 1 N–H and O–H groups in total. The number of aryl methyl sites for hydroxylation is 1. The molecule has 0 saturated heterocycles. The molecule has 176 valence electrons. The molecule has 0 radical (unpaired) electrons. The average molecular weight is 532 g/mol. The maximum absolute atomic E-state index is 13.8. The van der Waals surface area contributed by atoms with Crippen molar-refractivity contribution in [3.63, 3.8) is 0 Å². The number of para-hydroxylation sites is 1. The van der Waals surface area contributed by atoms with Crippen molar-refractivity contribution in [1.82, 2.24) is 0 Å². The number of halogens is 1. The standard InChI is InChI=1S/C28H22BrNO5/c1-3-34-20-9-6-8-17(14-20)25-24(26(31)23-15-18-13-19(29)11-12-22(18)35-23)27(32)28(33)30(25)21-10-5-4-7-16(21)2/h4-15,25,32H,3H2,1-2H3. The fraction of sp³-hybridized carbons (Fsp3) is 0.143. The van der Waals surface area contributed by atoms with Gasteiger partial charge in [0.2, 0.25) is 5.78 Å². The number of hydrogen-bond donors (Lipinski definition) is 1. The zero-order valence-electron chi connectivity index (χ0n) is 19.1. The monoisotopic (exact) mass is 531 g/mol. The summed E-state index contributed by atoms with van der Waals surface area (Å²) in [5, 5.41) is 11.8. The fourth-order valence-electron chi connectivity index (χ4n) is 4.43. The van der Waals surface area contributed by atoms with Gasteiger partial charge in [0.25, 0.3) is 5.91 Å². The molecule has 1 unspecified atom stereocenters. The Balaban J connectivity index is 1.67. The molecule has 2 heterocycles. The van der Waals surface area contributed by atoms with Crippen LogP contribution in [-0.2, 0) is 4.79 Å². The minimum Gasteiger partial charge on any atom is -0.503 e. The first-order valence-corrected chi connectivity index (χ1v) is 12.0. The van der Waals surface area contributed by atoms with E-state index in [2.05, 4.69) is 15.9 Å². The summed E-state index contributed by atoms with van der Waals surface area (Å²) in [5.41, 5.74) is 2.57. The number of ketones is 1. The van der Waals surface area contributed by atoms with Gasteiger partial charge >= 0.3 is 0 Å². The first-order valence-electron chi connectivity index (χ1n) is 11.2. The zero-order chi connectivity index (χ0) is 24.7. The smallest absolute Gasteiger partial charge is 0.294 e. The van der Waals surface area contributed by atoms with E-state index in [1.807, 2.05) is 56.3 Å². The van der Waals surface area contributed by atoms with Gasteiger partial charge in [0, 0.05) is 15.5 Å². The topological polar surface area (TPSA) is 80.0 Å². The van der Waals surface area contributed by atoms with Crippen molar-refractivity contribution >= 4 is 44.3 Å². The highest BCUT2D eigenvalue weighted by atomic mass is 79.9. The molecular formula is C28H22BrNO5. The number of rotatable bonds is 6. The van der Waals surface area contributed by atoms with Crippen LogP contribution in [0.15, 0.2) is 93.0 Å². The SMILES string of the molecule is CCOc1cccc(C2C(C(=O)c3cc4cc(Br)ccc4o3)=C(O)C(=O)N2c2ccccc2C)c1. The number of Topliss-reactive ketones (excluding diaryl/α,β-unsaturated/α-hetero) is 1. The van der Waals surface area contributed by atoms with Gasteiger partial charge < -0.3 is 14.3 Å². The Labute approximate surface area is 210 Å². The van der Waals surface area contributed by atoms with E-state index < -0.39 is 23.5 Å². The van der Waals surface area contributed by atoms with Crippen LogP contribution >= 0.6 is 15.9 Å². The maximum atomic E-state index is 13.8. The largest absolute Gasteiger partial charge is 0.503 e. The third kappa shape index (κ3) is 4.02. The number of aliphatic hydroxyl groups excluding tert-OH is 1. The lowest BCUT2D eigenvalue weighted by Crippen LogP contribution is -2.31. The number of furan rings is 1. The summed E-state index contributed by atoms with van der Waals surface area (Å²) in [6, 6.07) is 20.7. The highest BCUT2D eigenvalue weighted by Gasteiger charge is 2.45. The van der Waals surface area contributed by atoms with Crippen molar-refractivity contribution < 1.29 is 23.8 Å². The number of carbonyl (C=O) groups is 2. The predicted molar refractivity (Wildman–Crippen MR) is 137 cm³/mol. The van der Waals surface area contributed by atoms with Gasteiger partial charge in [0.15, 0.2) is 11.5 Å². The van der Waals surface area contributed by atoms with Crippen LogP contribution in [0, 0.1) is 6.92 Å². The van der Waals surface area contributed by atoms with Crippen LogP contribution in [-0.4, -0.2) is 23.4 Å². The van der Waals surface area contributed by atoms with E-state index in [0.717, 1.165) is 15.4 Å². The molecule has 1 atom stereocenters. The maximum Gasteiger partial charge on any atom is 0.294 e. The molecule has 0 saturated carbocycles. The van der Waals surface area contributed by atoms with E-state index in [4.69, 9.17) is 9.15 Å². The third-order valence-corrected chi connectivity index (χ3v) is 6.51. The van der Waals surface area contributed by atoms with Gasteiger partial charge in [0.05, 0.1) is 18.2 Å². The van der Waals surface area contributed by atoms with E-state index >= 15 is 0 Å². The van der Waals surface area contributed by atoms with Crippen LogP contribution in [0.3, 0.4) is 0 Å². The molecule has 0 spiro atoms. The van der Waals surface area contributed by atoms with Crippen LogP contribution in [0.2, 0.25) is 0 Å². The van der Waals surface area contributed by atoms with Gasteiger partial charge in [-0.25, -0.2) is 0 Å². The van der Waals surface area contributed by atoms with Gasteiger partial charge in [-0.1, -0.05) is 46.3 Å². The number of benzene rings is 3. The summed E-state index contributed by atoms with van der Waals surface area (Å²) in [6.45, 7) is 4.23. The van der Waals surface area contributed by atoms with E-state index in [1.165, 1.54) is 4.90 Å². The summed E-state index contributed by atoms with van der Waals surface area (Å²) in [7, 11) is 0. The quantitative estimate of drug-likeness (QED) is 0.280. The number of anilines is 1. The van der Waals surface area contributed by atoms with Crippen molar-refractivity contribution in [2.45, 2.75) is 19.9 Å². The van der Waals surface area contributed by atoms with Crippen molar-refractivity contribution in [2.24, 2.45) is 0 Å². The molecule has 35 heavy (non-hydrogen) atoms. The summed E-state index contributed by atoms with van der Waals surface area (Å²) >= 11 is 3.42. The summed E-state index contributed by atoms with van der Waals surface area (Å²) in [5.74, 6) is -1.13.